The third-order valence-corrected chi connectivity index (χ3v) is 2.50. The zero-order valence-corrected chi connectivity index (χ0v) is 8.24. The molecule has 4 heteroatoms. The van der Waals surface area contributed by atoms with Gasteiger partial charge in [-0.25, -0.2) is 4.98 Å². The molecular formula is C7H11ClN2S. The number of thiazole rings is 1. The fourth-order valence-electron chi connectivity index (χ4n) is 0.807. The molecule has 0 aliphatic carbocycles. The van der Waals surface area contributed by atoms with E-state index in [2.05, 4.69) is 15.3 Å². The minimum Gasteiger partial charge on any atom is -0.304 e. The maximum Gasteiger partial charge on any atom is 0.108 e. The van der Waals surface area contributed by atoms with E-state index in [0.29, 0.717) is 5.88 Å². The Morgan fingerprint density at radius 1 is 1.64 bits per heavy atom. The Labute approximate surface area is 75.8 Å². The molecule has 0 aliphatic rings. The van der Waals surface area contributed by atoms with Crippen LogP contribution in [0.5, 0.6) is 0 Å². The average Bonchev–Trinajstić information content (AvgIpc) is 2.34. The first-order valence-corrected chi connectivity index (χ1v) is 4.77. The van der Waals surface area contributed by atoms with Gasteiger partial charge in [0.05, 0.1) is 11.6 Å². The lowest BCUT2D eigenvalue weighted by Gasteiger charge is -2.05. The van der Waals surface area contributed by atoms with E-state index in [1.54, 1.807) is 11.3 Å². The van der Waals surface area contributed by atoms with Crippen LogP contribution in [0.15, 0.2) is 5.38 Å². The first-order valence-electron chi connectivity index (χ1n) is 3.36. The van der Waals surface area contributed by atoms with Crippen LogP contribution in [0.3, 0.4) is 0 Å². The second-order valence-electron chi connectivity index (χ2n) is 2.60. The molecule has 0 unspecified atom stereocenters. The predicted molar refractivity (Wildman–Crippen MR) is 49.1 cm³/mol. The summed E-state index contributed by atoms with van der Waals surface area (Å²) in [6, 6.07) is 0. The predicted octanol–water partition coefficient (Wildman–Crippen LogP) is 1.94. The van der Waals surface area contributed by atoms with Crippen LogP contribution in [0.1, 0.15) is 10.7 Å². The molecule has 0 saturated carbocycles. The SMILES string of the molecule is CN(C)Cc1csc(CCl)n1. The lowest BCUT2D eigenvalue weighted by molar-refractivity contribution is 0.397. The summed E-state index contributed by atoms with van der Waals surface area (Å²) in [5.74, 6) is 0.526. The van der Waals surface area contributed by atoms with Gasteiger partial charge in [0.25, 0.3) is 0 Å². The van der Waals surface area contributed by atoms with E-state index in [-0.39, 0.29) is 0 Å². The maximum absolute atomic E-state index is 5.61. The van der Waals surface area contributed by atoms with E-state index >= 15 is 0 Å². The number of nitrogens with zero attached hydrogens (tertiary/aromatic N) is 2. The molecule has 0 atom stereocenters. The Kier molecular flexibility index (Phi) is 3.30. The lowest BCUT2D eigenvalue weighted by Crippen LogP contribution is -2.10. The van der Waals surface area contributed by atoms with Crippen molar-refractivity contribution in [2.75, 3.05) is 14.1 Å². The highest BCUT2D eigenvalue weighted by Gasteiger charge is 2.00. The van der Waals surface area contributed by atoms with Crippen molar-refractivity contribution >= 4 is 22.9 Å². The van der Waals surface area contributed by atoms with Crippen molar-refractivity contribution in [3.8, 4) is 0 Å². The third kappa shape index (κ3) is 2.77. The molecular weight excluding hydrogens is 180 g/mol. The Morgan fingerprint density at radius 3 is 2.82 bits per heavy atom. The van der Waals surface area contributed by atoms with Crippen LogP contribution in [0.4, 0.5) is 0 Å². The zero-order chi connectivity index (χ0) is 8.27. The van der Waals surface area contributed by atoms with Crippen LogP contribution in [0, 0.1) is 0 Å². The molecule has 0 saturated heterocycles. The van der Waals surface area contributed by atoms with Gasteiger partial charge in [-0.1, -0.05) is 0 Å². The summed E-state index contributed by atoms with van der Waals surface area (Å²) >= 11 is 7.23. The van der Waals surface area contributed by atoms with Crippen LogP contribution in [0.25, 0.3) is 0 Å². The van der Waals surface area contributed by atoms with Crippen LogP contribution >= 0.6 is 22.9 Å². The van der Waals surface area contributed by atoms with Gasteiger partial charge < -0.3 is 4.90 Å². The maximum atomic E-state index is 5.61. The number of rotatable bonds is 3. The molecule has 1 heterocycles. The fourth-order valence-corrected chi connectivity index (χ4v) is 1.69. The Hall–Kier alpha value is -0.120. The number of hydrogen-bond acceptors (Lipinski definition) is 3. The Morgan fingerprint density at radius 2 is 2.36 bits per heavy atom. The highest BCUT2D eigenvalue weighted by molar-refractivity contribution is 7.09. The van der Waals surface area contributed by atoms with Crippen molar-refractivity contribution in [1.82, 2.24) is 9.88 Å². The second kappa shape index (κ2) is 4.04. The summed E-state index contributed by atoms with van der Waals surface area (Å²) in [5, 5.41) is 3.06. The molecule has 0 spiro atoms. The minimum absolute atomic E-state index is 0.526. The van der Waals surface area contributed by atoms with Crippen molar-refractivity contribution in [1.29, 1.82) is 0 Å². The van der Waals surface area contributed by atoms with E-state index in [1.165, 1.54) is 0 Å². The normalized spacial score (nSPS) is 10.9. The summed E-state index contributed by atoms with van der Waals surface area (Å²) < 4.78 is 0. The van der Waals surface area contributed by atoms with Crippen molar-refractivity contribution < 1.29 is 0 Å². The molecule has 2 nitrogen and oxygen atoms in total. The van der Waals surface area contributed by atoms with Crippen LogP contribution in [-0.2, 0) is 12.4 Å². The standard InChI is InChI=1S/C7H11ClN2S/c1-10(2)4-6-5-11-7(3-8)9-6/h5H,3-4H2,1-2H3. The van der Waals surface area contributed by atoms with Crippen LogP contribution in [0.2, 0.25) is 0 Å². The molecule has 0 amide bonds. The Bertz CT molecular complexity index is 222. The van der Waals surface area contributed by atoms with E-state index < -0.39 is 0 Å². The first-order chi connectivity index (χ1) is 5.22. The van der Waals surface area contributed by atoms with Gasteiger partial charge in [-0.15, -0.1) is 22.9 Å². The van der Waals surface area contributed by atoms with Gasteiger partial charge >= 0.3 is 0 Å². The summed E-state index contributed by atoms with van der Waals surface area (Å²) in [4.78, 5) is 6.40. The van der Waals surface area contributed by atoms with E-state index in [0.717, 1.165) is 17.2 Å². The highest BCUT2D eigenvalue weighted by Crippen LogP contribution is 2.12. The third-order valence-electron chi connectivity index (χ3n) is 1.19. The molecule has 1 aromatic heterocycles. The molecule has 0 fully saturated rings. The average molecular weight is 191 g/mol. The molecule has 0 bridgehead atoms. The quantitative estimate of drug-likeness (QED) is 0.678. The summed E-state index contributed by atoms with van der Waals surface area (Å²) in [6.07, 6.45) is 0. The molecule has 62 valence electrons. The van der Waals surface area contributed by atoms with Crippen molar-refractivity contribution in [2.24, 2.45) is 0 Å². The summed E-state index contributed by atoms with van der Waals surface area (Å²) in [7, 11) is 4.05. The molecule has 0 N–H and O–H groups in total. The topological polar surface area (TPSA) is 16.1 Å². The smallest absolute Gasteiger partial charge is 0.108 e. The van der Waals surface area contributed by atoms with Gasteiger partial charge in [-0.05, 0) is 14.1 Å². The van der Waals surface area contributed by atoms with Gasteiger partial charge in [-0.3, -0.25) is 0 Å². The fraction of sp³-hybridized carbons (Fsp3) is 0.571. The molecule has 0 aromatic carbocycles. The number of aromatic nitrogens is 1. The molecule has 0 aliphatic heterocycles. The molecule has 1 aromatic rings. The Balaban J connectivity index is 2.58. The van der Waals surface area contributed by atoms with Crippen LogP contribution in [-0.4, -0.2) is 24.0 Å². The zero-order valence-electron chi connectivity index (χ0n) is 6.67. The molecule has 11 heavy (non-hydrogen) atoms. The second-order valence-corrected chi connectivity index (χ2v) is 3.81. The van der Waals surface area contributed by atoms with E-state index in [1.807, 2.05) is 14.1 Å². The molecule has 0 radical (unpaired) electrons. The largest absolute Gasteiger partial charge is 0.304 e. The molecule has 1 rings (SSSR count). The minimum atomic E-state index is 0.526. The highest BCUT2D eigenvalue weighted by atomic mass is 35.5. The summed E-state index contributed by atoms with van der Waals surface area (Å²) in [5.41, 5.74) is 1.11. The van der Waals surface area contributed by atoms with Crippen molar-refractivity contribution in [2.45, 2.75) is 12.4 Å². The number of halogens is 1. The van der Waals surface area contributed by atoms with E-state index in [9.17, 15) is 0 Å². The van der Waals surface area contributed by atoms with Gasteiger partial charge in [-0.2, -0.15) is 0 Å². The van der Waals surface area contributed by atoms with Crippen molar-refractivity contribution in [3.05, 3.63) is 16.1 Å². The van der Waals surface area contributed by atoms with Gasteiger partial charge in [0, 0.05) is 11.9 Å². The monoisotopic (exact) mass is 190 g/mol. The first kappa shape index (κ1) is 8.97. The summed E-state index contributed by atoms with van der Waals surface area (Å²) in [6.45, 7) is 0.896. The van der Waals surface area contributed by atoms with Gasteiger partial charge in [0.15, 0.2) is 0 Å². The van der Waals surface area contributed by atoms with E-state index in [4.69, 9.17) is 11.6 Å². The van der Waals surface area contributed by atoms with Crippen LogP contribution < -0.4 is 0 Å². The number of alkyl halides is 1. The number of hydrogen-bond donors (Lipinski definition) is 0. The van der Waals surface area contributed by atoms with Gasteiger partial charge in [0.2, 0.25) is 0 Å². The van der Waals surface area contributed by atoms with Crippen molar-refractivity contribution in [3.63, 3.8) is 0 Å². The lowest BCUT2D eigenvalue weighted by atomic mass is 10.5. The van der Waals surface area contributed by atoms with Gasteiger partial charge in [0.1, 0.15) is 5.01 Å².